The van der Waals surface area contributed by atoms with Gasteiger partial charge in [-0.2, -0.15) is 5.10 Å². The van der Waals surface area contributed by atoms with Gasteiger partial charge in [-0.25, -0.2) is 0 Å². The molecule has 2 aliphatic heterocycles. The van der Waals surface area contributed by atoms with E-state index in [2.05, 4.69) is 92.5 Å². The van der Waals surface area contributed by atoms with E-state index >= 15 is 0 Å². The zero-order valence-corrected chi connectivity index (χ0v) is 26.5. The van der Waals surface area contributed by atoms with Crippen molar-refractivity contribution in [2.75, 3.05) is 0 Å². The van der Waals surface area contributed by atoms with Crippen molar-refractivity contribution in [1.82, 2.24) is 9.91 Å². The van der Waals surface area contributed by atoms with Crippen LogP contribution in [-0.2, 0) is 20.0 Å². The molecule has 0 aromatic heterocycles. The second-order valence-corrected chi connectivity index (χ2v) is 13.6. The van der Waals surface area contributed by atoms with Gasteiger partial charge in [0.2, 0.25) is 0 Å². The molecule has 0 unspecified atom stereocenters. The molecule has 0 amide bonds. The predicted molar refractivity (Wildman–Crippen MR) is 165 cm³/mol. The molecule has 216 valence electrons. The quantitative estimate of drug-likeness (QED) is 0.204. The van der Waals surface area contributed by atoms with Gasteiger partial charge >= 0.3 is 29.2 Å². The third kappa shape index (κ3) is 4.37. The Balaban J connectivity index is 0.00000125. The molecule has 2 heterocycles. The van der Waals surface area contributed by atoms with Crippen molar-refractivity contribution in [2.24, 2.45) is 22.9 Å². The Hall–Kier alpha value is -2.04. The van der Waals surface area contributed by atoms with Crippen LogP contribution in [0.3, 0.4) is 0 Å². The SMILES string of the molecule is C1=c2ccccc2=C(c2c(C3CCCCC3)ccc3ccccc23)N2[CH-]N(C34CC5CC(CC(C5)C3)C4)N=C12.[Cl][Au]. The van der Waals surface area contributed by atoms with Gasteiger partial charge < -0.3 is 9.91 Å². The van der Waals surface area contributed by atoms with Crippen LogP contribution in [0.25, 0.3) is 22.5 Å². The number of nitrogens with zero attached hydrogens (tertiary/aromatic N) is 3. The van der Waals surface area contributed by atoms with E-state index in [4.69, 9.17) is 5.10 Å². The Morgan fingerprint density at radius 3 is 2.24 bits per heavy atom. The fourth-order valence-corrected chi connectivity index (χ4v) is 9.87. The van der Waals surface area contributed by atoms with E-state index < -0.39 is 0 Å². The monoisotopic (exact) mass is 744 g/mol. The Bertz CT molecular complexity index is 1600. The van der Waals surface area contributed by atoms with Crippen molar-refractivity contribution in [3.63, 3.8) is 0 Å². The third-order valence-corrected chi connectivity index (χ3v) is 11.2. The summed E-state index contributed by atoms with van der Waals surface area (Å²) in [6.07, 6.45) is 17.4. The van der Waals surface area contributed by atoms with Crippen molar-refractivity contribution < 1.29 is 20.0 Å². The summed E-state index contributed by atoms with van der Waals surface area (Å²) < 4.78 is 0. The Morgan fingerprint density at radius 1 is 0.805 bits per heavy atom. The summed E-state index contributed by atoms with van der Waals surface area (Å²) in [6.45, 7) is 2.41. The topological polar surface area (TPSA) is 18.8 Å². The van der Waals surface area contributed by atoms with E-state index in [0.717, 1.165) is 23.6 Å². The van der Waals surface area contributed by atoms with E-state index in [-0.39, 0.29) is 5.54 Å². The molecule has 0 spiro atoms. The van der Waals surface area contributed by atoms with Crippen LogP contribution in [0.5, 0.6) is 0 Å². The predicted octanol–water partition coefficient (Wildman–Crippen LogP) is 7.54. The zero-order chi connectivity index (χ0) is 27.6. The molecule has 0 radical (unpaired) electrons. The average molecular weight is 745 g/mol. The van der Waals surface area contributed by atoms with E-state index in [1.807, 2.05) is 0 Å². The molecule has 7 aliphatic rings. The van der Waals surface area contributed by atoms with Crippen molar-refractivity contribution in [3.8, 4) is 0 Å². The van der Waals surface area contributed by atoms with Crippen LogP contribution in [0.15, 0.2) is 65.8 Å². The van der Waals surface area contributed by atoms with Crippen LogP contribution in [0.2, 0.25) is 0 Å². The molecule has 5 heteroatoms. The molecular formula is C36H38AuClN3-. The van der Waals surface area contributed by atoms with Gasteiger partial charge in [-0.15, -0.1) is 6.67 Å². The second kappa shape index (κ2) is 10.6. The van der Waals surface area contributed by atoms with Crippen LogP contribution in [0, 0.1) is 24.4 Å². The maximum atomic E-state index is 5.44. The summed E-state index contributed by atoms with van der Waals surface area (Å²) in [7, 11) is 4.58. The van der Waals surface area contributed by atoms with E-state index in [1.165, 1.54) is 103 Å². The number of fused-ring (bicyclic) bond motifs is 3. The summed E-state index contributed by atoms with van der Waals surface area (Å²) in [5.74, 6) is 4.45. The Labute approximate surface area is 260 Å². The number of rotatable bonds is 3. The summed E-state index contributed by atoms with van der Waals surface area (Å²) in [6, 6.07) is 22.9. The molecule has 0 saturated heterocycles. The van der Waals surface area contributed by atoms with Gasteiger partial charge in [-0.1, -0.05) is 79.9 Å². The molecular weight excluding hydrogens is 707 g/mol. The van der Waals surface area contributed by atoms with Crippen molar-refractivity contribution in [3.05, 3.63) is 88.9 Å². The van der Waals surface area contributed by atoms with E-state index in [1.54, 1.807) is 25.5 Å². The molecule has 5 aliphatic carbocycles. The molecule has 10 rings (SSSR count). The first kappa shape index (κ1) is 26.6. The molecule has 3 aromatic carbocycles. The number of hydrogen-bond acceptors (Lipinski definition) is 3. The second-order valence-electron chi connectivity index (χ2n) is 13.6. The molecule has 0 N–H and O–H groups in total. The first-order chi connectivity index (χ1) is 20.2. The van der Waals surface area contributed by atoms with Crippen LogP contribution < -0.4 is 10.4 Å². The fourth-order valence-electron chi connectivity index (χ4n) is 9.87. The van der Waals surface area contributed by atoms with Gasteiger partial charge in [-0.3, -0.25) is 0 Å². The Morgan fingerprint density at radius 2 is 1.49 bits per heavy atom. The molecule has 4 bridgehead atoms. The van der Waals surface area contributed by atoms with Gasteiger partial charge in [0.25, 0.3) is 0 Å². The number of amidine groups is 1. The first-order valence-corrected chi connectivity index (χ1v) is 18.4. The summed E-state index contributed by atoms with van der Waals surface area (Å²) >= 11 is 1.75. The van der Waals surface area contributed by atoms with Gasteiger partial charge in [0.1, 0.15) is 5.84 Å². The van der Waals surface area contributed by atoms with E-state index in [0.29, 0.717) is 5.92 Å². The van der Waals surface area contributed by atoms with Gasteiger partial charge in [0.15, 0.2) is 0 Å². The van der Waals surface area contributed by atoms with Gasteiger partial charge in [0.05, 0.1) is 0 Å². The fraction of sp³-hybridized carbons (Fsp3) is 0.444. The molecule has 5 saturated carbocycles. The van der Waals surface area contributed by atoms with Crippen LogP contribution in [0.4, 0.5) is 0 Å². The minimum absolute atomic E-state index is 0.217. The molecule has 3 nitrogen and oxygen atoms in total. The Kier molecular flexibility index (Phi) is 6.87. The van der Waals surface area contributed by atoms with Crippen LogP contribution >= 0.6 is 9.19 Å². The van der Waals surface area contributed by atoms with Gasteiger partial charge in [-0.05, 0) is 103 Å². The molecule has 0 atom stereocenters. The summed E-state index contributed by atoms with van der Waals surface area (Å²) in [4.78, 5) is 2.48. The zero-order valence-electron chi connectivity index (χ0n) is 23.5. The van der Waals surface area contributed by atoms with Crippen molar-refractivity contribution >= 4 is 37.6 Å². The van der Waals surface area contributed by atoms with Crippen molar-refractivity contribution in [2.45, 2.75) is 82.1 Å². The standard InChI is InChI=1S/C36H38N3.Au.ClH/c1-2-8-27(9-3-1)31-15-14-28-10-4-6-12-30(28)34(31)35-32-13-7-5-11-29(32)19-33-37-39(23-38(33)35)36-20-24-16-25(21-36)18-26(17-24)22-36;;/h4-7,10-15,19,23-27H,1-3,8-9,16-18,20-22H2;;1H/q-1;+1;/p-1. The third-order valence-electron chi connectivity index (χ3n) is 11.2. The first-order valence-electron chi connectivity index (χ1n) is 15.7. The molecule has 3 aromatic rings. The summed E-state index contributed by atoms with van der Waals surface area (Å²) in [5.41, 5.74) is 4.55. The van der Waals surface area contributed by atoms with Crippen molar-refractivity contribution in [1.29, 1.82) is 0 Å². The minimum atomic E-state index is 0.217. The molecule has 5 fully saturated rings. The number of halogens is 1. The maximum absolute atomic E-state index is 5.44. The number of benzene rings is 3. The average Bonchev–Trinajstić information content (AvgIpc) is 3.45. The van der Waals surface area contributed by atoms with Crippen LogP contribution in [0.1, 0.15) is 87.7 Å². The molecule has 41 heavy (non-hydrogen) atoms. The number of hydrogen-bond donors (Lipinski definition) is 0. The van der Waals surface area contributed by atoms with E-state index in [9.17, 15) is 0 Å². The van der Waals surface area contributed by atoms with Crippen LogP contribution in [-0.4, -0.2) is 21.3 Å². The number of hydrazone groups is 1. The summed E-state index contributed by atoms with van der Waals surface area (Å²) in [5, 5.41) is 13.3. The normalized spacial score (nSPS) is 30.0. The van der Waals surface area contributed by atoms with Gasteiger partial charge in [0, 0.05) is 22.0 Å².